The highest BCUT2D eigenvalue weighted by molar-refractivity contribution is 5.93. The minimum Gasteiger partial charge on any atom is -0.443 e. The maximum Gasteiger partial charge on any atom is 0.417 e. The number of hydrogen-bond acceptors (Lipinski definition) is 3. The Morgan fingerprint density at radius 1 is 1.23 bits per heavy atom. The molecular formula is C18H23NO3. The van der Waals surface area contributed by atoms with E-state index >= 15 is 0 Å². The van der Waals surface area contributed by atoms with E-state index in [-0.39, 0.29) is 18.9 Å². The predicted octanol–water partition coefficient (Wildman–Crippen LogP) is 4.04. The summed E-state index contributed by atoms with van der Waals surface area (Å²) in [4.78, 5) is 25.3. The van der Waals surface area contributed by atoms with Crippen molar-refractivity contribution in [2.75, 3.05) is 6.54 Å². The molecule has 118 valence electrons. The third-order valence-corrected chi connectivity index (χ3v) is 2.63. The smallest absolute Gasteiger partial charge is 0.417 e. The van der Waals surface area contributed by atoms with Gasteiger partial charge in [0.2, 0.25) is 5.91 Å². The normalized spacial score (nSPS) is 11.2. The van der Waals surface area contributed by atoms with Crippen LogP contribution < -0.4 is 0 Å². The van der Waals surface area contributed by atoms with E-state index in [2.05, 4.69) is 6.58 Å². The lowest BCUT2D eigenvalue weighted by Gasteiger charge is -2.25. The lowest BCUT2D eigenvalue weighted by molar-refractivity contribution is -0.128. The van der Waals surface area contributed by atoms with Crippen LogP contribution in [-0.2, 0) is 9.53 Å². The van der Waals surface area contributed by atoms with Gasteiger partial charge in [0.15, 0.2) is 0 Å². The molecule has 0 spiro atoms. The average molecular weight is 301 g/mol. The van der Waals surface area contributed by atoms with Gasteiger partial charge in [-0.2, -0.15) is 0 Å². The molecule has 0 N–H and O–H groups in total. The fourth-order valence-electron chi connectivity index (χ4n) is 1.69. The van der Waals surface area contributed by atoms with Crippen molar-refractivity contribution in [3.63, 3.8) is 0 Å². The first-order chi connectivity index (χ1) is 10.3. The topological polar surface area (TPSA) is 46.6 Å². The van der Waals surface area contributed by atoms with Gasteiger partial charge in [0.1, 0.15) is 5.60 Å². The summed E-state index contributed by atoms with van der Waals surface area (Å²) >= 11 is 0. The number of nitrogens with zero attached hydrogens (tertiary/aromatic N) is 1. The number of benzene rings is 1. The molecule has 0 bridgehead atoms. The minimum atomic E-state index is -0.648. The summed E-state index contributed by atoms with van der Waals surface area (Å²) in [7, 11) is 0. The van der Waals surface area contributed by atoms with Gasteiger partial charge in [-0.15, -0.1) is 6.58 Å². The Hall–Kier alpha value is -2.36. The summed E-state index contributed by atoms with van der Waals surface area (Å²) in [5, 5.41) is 0. The van der Waals surface area contributed by atoms with Crippen molar-refractivity contribution < 1.29 is 14.3 Å². The van der Waals surface area contributed by atoms with Gasteiger partial charge in [-0.05, 0) is 26.3 Å². The zero-order valence-corrected chi connectivity index (χ0v) is 13.4. The van der Waals surface area contributed by atoms with Crippen LogP contribution in [0, 0.1) is 0 Å². The Kier molecular flexibility index (Phi) is 6.57. The maximum atomic E-state index is 12.2. The van der Waals surface area contributed by atoms with E-state index < -0.39 is 11.7 Å². The molecule has 0 aliphatic rings. The Morgan fingerprint density at radius 2 is 1.86 bits per heavy atom. The predicted molar refractivity (Wildman–Crippen MR) is 88.2 cm³/mol. The molecule has 0 heterocycles. The van der Waals surface area contributed by atoms with E-state index in [1.807, 2.05) is 36.4 Å². The fourth-order valence-corrected chi connectivity index (χ4v) is 1.69. The van der Waals surface area contributed by atoms with Crippen LogP contribution in [0.2, 0.25) is 0 Å². The Balaban J connectivity index is 2.67. The average Bonchev–Trinajstić information content (AvgIpc) is 2.43. The summed E-state index contributed by atoms with van der Waals surface area (Å²) in [6.45, 7) is 8.98. The molecular weight excluding hydrogens is 278 g/mol. The lowest BCUT2D eigenvalue weighted by Crippen LogP contribution is -2.40. The third kappa shape index (κ3) is 6.39. The molecule has 1 aromatic carbocycles. The molecule has 0 fully saturated rings. The van der Waals surface area contributed by atoms with Gasteiger partial charge >= 0.3 is 6.09 Å². The molecule has 0 aliphatic heterocycles. The van der Waals surface area contributed by atoms with E-state index in [0.717, 1.165) is 10.5 Å². The summed E-state index contributed by atoms with van der Waals surface area (Å²) in [6.07, 6.45) is 4.56. The van der Waals surface area contributed by atoms with Gasteiger partial charge in [-0.3, -0.25) is 4.79 Å². The van der Waals surface area contributed by atoms with Gasteiger partial charge in [0, 0.05) is 13.0 Å². The van der Waals surface area contributed by atoms with Crippen LogP contribution in [0.1, 0.15) is 32.8 Å². The molecule has 1 rings (SSSR count). The quantitative estimate of drug-likeness (QED) is 0.771. The van der Waals surface area contributed by atoms with Crippen LogP contribution in [0.3, 0.4) is 0 Å². The van der Waals surface area contributed by atoms with Crippen LogP contribution in [0.4, 0.5) is 4.79 Å². The molecule has 0 saturated carbocycles. The largest absolute Gasteiger partial charge is 0.443 e. The number of amides is 2. The van der Waals surface area contributed by atoms with Crippen molar-refractivity contribution in [3.05, 3.63) is 54.6 Å². The van der Waals surface area contributed by atoms with E-state index in [9.17, 15) is 9.59 Å². The highest BCUT2D eigenvalue weighted by Gasteiger charge is 2.25. The Morgan fingerprint density at radius 3 is 2.41 bits per heavy atom. The Labute approximate surface area is 132 Å². The van der Waals surface area contributed by atoms with Gasteiger partial charge in [-0.1, -0.05) is 48.6 Å². The fraction of sp³-hybridized carbons (Fsp3) is 0.333. The van der Waals surface area contributed by atoms with Crippen LogP contribution in [0.25, 0.3) is 6.08 Å². The number of rotatable bonds is 5. The highest BCUT2D eigenvalue weighted by Crippen LogP contribution is 2.11. The number of ether oxygens (including phenoxy) is 1. The summed E-state index contributed by atoms with van der Waals surface area (Å²) in [6, 6.07) is 9.65. The molecule has 0 saturated heterocycles. The van der Waals surface area contributed by atoms with Crippen LogP contribution in [0.5, 0.6) is 0 Å². The first-order valence-electron chi connectivity index (χ1n) is 7.19. The first kappa shape index (κ1) is 17.7. The van der Waals surface area contributed by atoms with Crippen LogP contribution >= 0.6 is 0 Å². The van der Waals surface area contributed by atoms with Crippen molar-refractivity contribution in [1.82, 2.24) is 4.90 Å². The van der Waals surface area contributed by atoms with E-state index in [4.69, 9.17) is 4.74 Å². The Bertz CT molecular complexity index is 541. The monoisotopic (exact) mass is 301 g/mol. The van der Waals surface area contributed by atoms with Crippen molar-refractivity contribution in [3.8, 4) is 0 Å². The van der Waals surface area contributed by atoms with Crippen molar-refractivity contribution >= 4 is 18.1 Å². The summed E-state index contributed by atoms with van der Waals surface area (Å²) in [5.74, 6) is -0.318. The SMILES string of the molecule is C=CCN(C(=O)C/C=C/c1ccccc1)C(=O)OC(C)(C)C. The first-order valence-corrected chi connectivity index (χ1v) is 7.19. The van der Waals surface area contributed by atoms with E-state index in [1.165, 1.54) is 6.08 Å². The van der Waals surface area contributed by atoms with Crippen LogP contribution in [0.15, 0.2) is 49.1 Å². The number of hydrogen-bond donors (Lipinski definition) is 0. The van der Waals surface area contributed by atoms with Crippen molar-refractivity contribution in [2.24, 2.45) is 0 Å². The van der Waals surface area contributed by atoms with Crippen LogP contribution in [-0.4, -0.2) is 29.0 Å². The van der Waals surface area contributed by atoms with Crippen molar-refractivity contribution in [2.45, 2.75) is 32.8 Å². The molecule has 0 aromatic heterocycles. The van der Waals surface area contributed by atoms with Gasteiger partial charge < -0.3 is 4.74 Å². The third-order valence-electron chi connectivity index (χ3n) is 2.63. The summed E-state index contributed by atoms with van der Waals surface area (Å²) in [5.41, 5.74) is 0.360. The standard InChI is InChI=1S/C18H23NO3/c1-5-14-19(17(21)22-18(2,3)4)16(20)13-9-12-15-10-7-6-8-11-15/h5-12H,1,13-14H2,2-4H3/b12-9+. The molecule has 4 heteroatoms. The lowest BCUT2D eigenvalue weighted by atomic mass is 10.2. The number of carbonyl (C=O) groups is 2. The molecule has 1 aromatic rings. The van der Waals surface area contributed by atoms with E-state index in [1.54, 1.807) is 26.8 Å². The molecule has 0 atom stereocenters. The minimum absolute atomic E-state index is 0.127. The van der Waals surface area contributed by atoms with Gasteiger partial charge in [0.05, 0.1) is 0 Å². The molecule has 4 nitrogen and oxygen atoms in total. The number of carbonyl (C=O) groups excluding carboxylic acids is 2. The molecule has 0 aliphatic carbocycles. The van der Waals surface area contributed by atoms with E-state index in [0.29, 0.717) is 0 Å². The zero-order chi connectivity index (χ0) is 16.6. The second kappa shape index (κ2) is 8.17. The summed E-state index contributed by atoms with van der Waals surface area (Å²) < 4.78 is 5.23. The van der Waals surface area contributed by atoms with Gasteiger partial charge in [0.25, 0.3) is 0 Å². The zero-order valence-electron chi connectivity index (χ0n) is 13.4. The molecule has 0 radical (unpaired) electrons. The highest BCUT2D eigenvalue weighted by atomic mass is 16.6. The molecule has 2 amide bonds. The second-order valence-corrected chi connectivity index (χ2v) is 5.79. The van der Waals surface area contributed by atoms with Gasteiger partial charge in [-0.25, -0.2) is 9.69 Å². The second-order valence-electron chi connectivity index (χ2n) is 5.79. The number of imide groups is 1. The molecule has 0 unspecified atom stereocenters. The molecule has 22 heavy (non-hydrogen) atoms. The van der Waals surface area contributed by atoms with Crippen molar-refractivity contribution in [1.29, 1.82) is 0 Å². The maximum absolute atomic E-state index is 12.2.